The first-order chi connectivity index (χ1) is 11.7. The highest BCUT2D eigenvalue weighted by Crippen LogP contribution is 2.61. The molecule has 4 aliphatic carbocycles. The molecule has 1 unspecified atom stereocenters. The molecule has 4 nitrogen and oxygen atoms in total. The lowest BCUT2D eigenvalue weighted by atomic mass is 9.49. The molecule has 5 heteroatoms. The Bertz CT molecular complexity index is 580. The van der Waals surface area contributed by atoms with Crippen LogP contribution in [0.15, 0.2) is 11.6 Å². The van der Waals surface area contributed by atoms with E-state index in [0.29, 0.717) is 11.3 Å². The summed E-state index contributed by atoms with van der Waals surface area (Å²) in [7, 11) is 0. The van der Waals surface area contributed by atoms with Crippen molar-refractivity contribution in [1.82, 2.24) is 9.88 Å². The summed E-state index contributed by atoms with van der Waals surface area (Å²) in [5.41, 5.74) is 0.347. The number of hydrogen-bond acceptors (Lipinski definition) is 4. The van der Waals surface area contributed by atoms with E-state index in [1.165, 1.54) is 49.9 Å². The number of likely N-dealkylation sites (tertiary alicyclic amines) is 1. The van der Waals surface area contributed by atoms with E-state index >= 15 is 0 Å². The molecule has 1 aliphatic heterocycles. The standard InChI is InChI=1S/C19H26N2O2S/c22-17(21-3-1-16(12-21)23-18-20-2-4-24-18)11-19-8-13-5-14(9-19)7-15(6-13)10-19/h2,4,13-16H,1,3,5-12H2. The highest BCUT2D eigenvalue weighted by atomic mass is 32.1. The molecule has 5 aliphatic rings. The molecule has 24 heavy (non-hydrogen) atoms. The lowest BCUT2D eigenvalue weighted by Gasteiger charge is -2.56. The van der Waals surface area contributed by atoms with Gasteiger partial charge in [-0.3, -0.25) is 4.79 Å². The smallest absolute Gasteiger partial charge is 0.273 e. The van der Waals surface area contributed by atoms with Gasteiger partial charge in [-0.05, 0) is 61.7 Å². The largest absolute Gasteiger partial charge is 0.465 e. The quantitative estimate of drug-likeness (QED) is 0.834. The molecule has 2 heterocycles. The van der Waals surface area contributed by atoms with Crippen LogP contribution in [0.4, 0.5) is 0 Å². The van der Waals surface area contributed by atoms with Crippen LogP contribution in [0.2, 0.25) is 0 Å². The van der Waals surface area contributed by atoms with Gasteiger partial charge >= 0.3 is 0 Å². The normalized spacial score (nSPS) is 40.2. The predicted molar refractivity (Wildman–Crippen MR) is 92.9 cm³/mol. The van der Waals surface area contributed by atoms with Gasteiger partial charge in [0.25, 0.3) is 5.19 Å². The molecule has 4 bridgehead atoms. The summed E-state index contributed by atoms with van der Waals surface area (Å²) in [5, 5.41) is 2.66. The summed E-state index contributed by atoms with van der Waals surface area (Å²) in [6.07, 6.45) is 11.9. The monoisotopic (exact) mass is 346 g/mol. The van der Waals surface area contributed by atoms with Crippen LogP contribution in [0.1, 0.15) is 51.4 Å². The van der Waals surface area contributed by atoms with E-state index in [4.69, 9.17) is 4.74 Å². The van der Waals surface area contributed by atoms with Crippen molar-refractivity contribution in [2.24, 2.45) is 23.2 Å². The fraction of sp³-hybridized carbons (Fsp3) is 0.789. The second-order valence-electron chi connectivity index (χ2n) is 8.76. The average molecular weight is 346 g/mol. The van der Waals surface area contributed by atoms with E-state index in [2.05, 4.69) is 9.88 Å². The molecule has 0 radical (unpaired) electrons. The molecule has 1 aromatic heterocycles. The maximum absolute atomic E-state index is 12.9. The van der Waals surface area contributed by atoms with Crippen molar-refractivity contribution in [2.45, 2.75) is 57.5 Å². The van der Waals surface area contributed by atoms with Crippen LogP contribution >= 0.6 is 11.3 Å². The van der Waals surface area contributed by atoms with Gasteiger partial charge in [0.05, 0.1) is 6.54 Å². The summed E-state index contributed by atoms with van der Waals surface area (Å²) in [6.45, 7) is 1.59. The van der Waals surface area contributed by atoms with Crippen molar-refractivity contribution in [3.05, 3.63) is 11.6 Å². The molecule has 1 amide bonds. The van der Waals surface area contributed by atoms with Crippen molar-refractivity contribution in [3.8, 4) is 5.19 Å². The number of carbonyl (C=O) groups is 1. The van der Waals surface area contributed by atoms with Gasteiger partial charge in [0.15, 0.2) is 0 Å². The number of hydrogen-bond donors (Lipinski definition) is 0. The minimum absolute atomic E-state index is 0.122. The van der Waals surface area contributed by atoms with Gasteiger partial charge in [-0.15, -0.1) is 0 Å². The third-order valence-electron chi connectivity index (χ3n) is 6.87. The Kier molecular flexibility index (Phi) is 3.62. The number of aromatic nitrogens is 1. The van der Waals surface area contributed by atoms with Gasteiger partial charge in [0.1, 0.15) is 6.10 Å². The van der Waals surface area contributed by atoms with Crippen LogP contribution in [-0.2, 0) is 4.79 Å². The fourth-order valence-electron chi connectivity index (χ4n) is 6.40. The highest BCUT2D eigenvalue weighted by Gasteiger charge is 2.52. The zero-order chi connectivity index (χ0) is 16.1. The predicted octanol–water partition coefficient (Wildman–Crippen LogP) is 3.73. The minimum atomic E-state index is 0.122. The summed E-state index contributed by atoms with van der Waals surface area (Å²) in [5.74, 6) is 3.14. The molecule has 130 valence electrons. The third-order valence-corrected chi connectivity index (χ3v) is 7.53. The van der Waals surface area contributed by atoms with Crippen molar-refractivity contribution in [2.75, 3.05) is 13.1 Å². The maximum atomic E-state index is 12.9. The Morgan fingerprint density at radius 1 is 1.25 bits per heavy atom. The zero-order valence-electron chi connectivity index (χ0n) is 14.2. The van der Waals surface area contributed by atoms with Crippen molar-refractivity contribution < 1.29 is 9.53 Å². The Morgan fingerprint density at radius 3 is 2.58 bits per heavy atom. The SMILES string of the molecule is O=C(CC12CC3CC(CC(C3)C1)C2)N1CCC(Oc2nccs2)C1. The lowest BCUT2D eigenvalue weighted by Crippen LogP contribution is -2.48. The number of nitrogens with zero attached hydrogens (tertiary/aromatic N) is 2. The zero-order valence-corrected chi connectivity index (χ0v) is 15.0. The lowest BCUT2D eigenvalue weighted by molar-refractivity contribution is -0.138. The maximum Gasteiger partial charge on any atom is 0.273 e. The Morgan fingerprint density at radius 2 is 1.96 bits per heavy atom. The van der Waals surface area contributed by atoms with Gasteiger partial charge in [-0.25, -0.2) is 4.98 Å². The van der Waals surface area contributed by atoms with Crippen molar-refractivity contribution in [1.29, 1.82) is 0 Å². The Balaban J connectivity index is 1.20. The van der Waals surface area contributed by atoms with Gasteiger partial charge in [-0.1, -0.05) is 11.3 Å². The van der Waals surface area contributed by atoms with Gasteiger partial charge in [-0.2, -0.15) is 0 Å². The first-order valence-electron chi connectivity index (χ1n) is 9.51. The minimum Gasteiger partial charge on any atom is -0.465 e. The molecule has 0 N–H and O–H groups in total. The van der Waals surface area contributed by atoms with Crippen molar-refractivity contribution in [3.63, 3.8) is 0 Å². The number of amides is 1. The van der Waals surface area contributed by atoms with Crippen LogP contribution in [0.5, 0.6) is 5.19 Å². The van der Waals surface area contributed by atoms with E-state index in [9.17, 15) is 4.79 Å². The van der Waals surface area contributed by atoms with Crippen molar-refractivity contribution >= 4 is 17.2 Å². The highest BCUT2D eigenvalue weighted by molar-refractivity contribution is 7.11. The van der Waals surface area contributed by atoms with Crippen LogP contribution in [0, 0.1) is 23.2 Å². The number of thiazole rings is 1. The van der Waals surface area contributed by atoms with E-state index in [1.807, 2.05) is 5.38 Å². The molecule has 6 rings (SSSR count). The summed E-state index contributed by atoms with van der Waals surface area (Å²) in [6, 6.07) is 0. The van der Waals surface area contributed by atoms with E-state index in [-0.39, 0.29) is 6.10 Å². The Hall–Kier alpha value is -1.10. The van der Waals surface area contributed by atoms with Crippen LogP contribution in [-0.4, -0.2) is 35.0 Å². The van der Waals surface area contributed by atoms with Crippen LogP contribution in [0.3, 0.4) is 0 Å². The fourth-order valence-corrected chi connectivity index (χ4v) is 6.95. The first-order valence-corrected chi connectivity index (χ1v) is 10.4. The van der Waals surface area contributed by atoms with Gasteiger partial charge in [0.2, 0.25) is 5.91 Å². The van der Waals surface area contributed by atoms with Crippen LogP contribution in [0.25, 0.3) is 0 Å². The topological polar surface area (TPSA) is 42.4 Å². The summed E-state index contributed by atoms with van der Waals surface area (Å²) >= 11 is 1.53. The number of ether oxygens (including phenoxy) is 1. The molecule has 1 atom stereocenters. The third kappa shape index (κ3) is 2.75. The number of rotatable bonds is 4. The van der Waals surface area contributed by atoms with E-state index < -0.39 is 0 Å². The molecule has 0 spiro atoms. The summed E-state index contributed by atoms with van der Waals surface area (Å²) < 4.78 is 5.90. The van der Waals surface area contributed by atoms with E-state index in [0.717, 1.165) is 48.9 Å². The van der Waals surface area contributed by atoms with E-state index in [1.54, 1.807) is 6.20 Å². The molecule has 5 fully saturated rings. The molecule has 1 saturated heterocycles. The Labute approximate surface area is 147 Å². The summed E-state index contributed by atoms with van der Waals surface area (Å²) in [4.78, 5) is 19.2. The molecule has 4 saturated carbocycles. The average Bonchev–Trinajstić information content (AvgIpc) is 3.17. The van der Waals surface area contributed by atoms with Gasteiger partial charge in [0, 0.05) is 31.0 Å². The molecule has 0 aromatic carbocycles. The first kappa shape index (κ1) is 15.2. The van der Waals surface area contributed by atoms with Gasteiger partial charge < -0.3 is 9.64 Å². The molecule has 1 aromatic rings. The molecular formula is C19H26N2O2S. The molecular weight excluding hydrogens is 320 g/mol. The van der Waals surface area contributed by atoms with Crippen LogP contribution < -0.4 is 4.74 Å². The second kappa shape index (κ2) is 5.72. The second-order valence-corrected chi connectivity index (χ2v) is 9.62. The number of carbonyl (C=O) groups excluding carboxylic acids is 1.